The van der Waals surface area contributed by atoms with Crippen LogP contribution in [-0.2, 0) is 6.42 Å². The summed E-state index contributed by atoms with van der Waals surface area (Å²) in [5.41, 5.74) is 27.0. The molecule has 0 radical (unpaired) electrons. The molecule has 2 aliphatic carbocycles. The number of anilines is 5. The molecular weight excluding hydrogens is 1060 g/mol. The molecule has 0 amide bonds. The second-order valence-electron chi connectivity index (χ2n) is 23.3. The molecular formula is C85H75N3. The van der Waals surface area contributed by atoms with Gasteiger partial charge in [0.1, 0.15) is 0 Å². The van der Waals surface area contributed by atoms with Gasteiger partial charge in [0.25, 0.3) is 0 Å². The van der Waals surface area contributed by atoms with Crippen LogP contribution in [0.25, 0.3) is 44.2 Å². The number of para-hydroxylation sites is 3. The maximum Gasteiger partial charge on any atom is 0.0781 e. The Kier molecular flexibility index (Phi) is 17.8. The van der Waals surface area contributed by atoms with Crippen LogP contribution in [0, 0.1) is 27.7 Å². The highest BCUT2D eigenvalue weighted by atomic mass is 15.2. The van der Waals surface area contributed by atoms with Crippen molar-refractivity contribution in [2.24, 2.45) is 4.99 Å². The predicted molar refractivity (Wildman–Crippen MR) is 378 cm³/mol. The molecule has 0 bridgehead atoms. The standard InChI is InChI=1S/C71H57N3.C7H10.C7H8/c1-48-18-11-14-25-63(48)66-47-62(40-30-49(66)2)73(59-21-7-5-8-22-59)61-41-38-54(39-42-61)50(3)71(72-68-28-17-27-64(51(68)4)58-37-36-55-19-12-13-20-57(55)46-58)56-34-31-52(32-35-56)44-53-33-43-70-67(45-53)65-26-15-16-29-69(65)74(70)60-23-9-6-10-24-60;2*1-7-5-3-2-4-6-7/h5-42,45-47,70H,3,43-44H2,1-2,4H3;2-3,5H,4,6H2,1H3;2-6H,1H3. The minimum atomic E-state index is 0.281. The summed E-state index contributed by atoms with van der Waals surface area (Å²) >= 11 is 0. The lowest BCUT2D eigenvalue weighted by molar-refractivity contribution is 0.819. The quantitative estimate of drug-likeness (QED) is 0.114. The lowest BCUT2D eigenvalue weighted by Crippen LogP contribution is -2.27. The van der Waals surface area contributed by atoms with Gasteiger partial charge in [-0.2, -0.15) is 0 Å². The summed E-state index contributed by atoms with van der Waals surface area (Å²) in [6, 6.07) is 95.8. The lowest BCUT2D eigenvalue weighted by Gasteiger charge is -2.29. The van der Waals surface area contributed by atoms with Crippen LogP contribution in [0.4, 0.5) is 34.1 Å². The van der Waals surface area contributed by atoms with Gasteiger partial charge in [0.05, 0.1) is 17.4 Å². The Bertz CT molecular complexity index is 4430. The van der Waals surface area contributed by atoms with Gasteiger partial charge >= 0.3 is 0 Å². The molecule has 1 unspecified atom stereocenters. The highest BCUT2D eigenvalue weighted by Crippen LogP contribution is 2.48. The van der Waals surface area contributed by atoms with Crippen LogP contribution < -0.4 is 9.80 Å². The molecule has 0 fully saturated rings. The van der Waals surface area contributed by atoms with Crippen molar-refractivity contribution in [2.75, 3.05) is 9.80 Å². The van der Waals surface area contributed by atoms with Gasteiger partial charge in [0, 0.05) is 45.1 Å². The third kappa shape index (κ3) is 13.1. The molecule has 11 aromatic rings. The maximum absolute atomic E-state index is 5.58. The van der Waals surface area contributed by atoms with Crippen molar-refractivity contribution in [1.82, 2.24) is 0 Å². The van der Waals surface area contributed by atoms with Crippen LogP contribution in [0.15, 0.2) is 320 Å². The zero-order valence-corrected chi connectivity index (χ0v) is 51.2. The zero-order valence-electron chi connectivity index (χ0n) is 51.2. The van der Waals surface area contributed by atoms with Crippen molar-refractivity contribution >= 4 is 61.8 Å². The summed E-state index contributed by atoms with van der Waals surface area (Å²) in [6.07, 6.45) is 15.7. The Morgan fingerprint density at radius 2 is 1.15 bits per heavy atom. The summed E-state index contributed by atoms with van der Waals surface area (Å²) in [4.78, 5) is 10.4. The Hall–Kier alpha value is -10.4. The average molecular weight is 1140 g/mol. The van der Waals surface area contributed by atoms with E-state index < -0.39 is 0 Å². The molecule has 1 aliphatic heterocycles. The SMILES string of the molecule is C=C(C(=Nc1cccc(-c2ccc3ccccc3c2)c1C)c1ccc(CC2=CCC3C(=C2)c2ccccc2N3c2ccccc2)cc1)c1ccc(N(c2ccccc2)c2ccc(C)c(-c3ccccc3C)c2)cc1.CC1=CC=CCC1.Cc1ccccc1. The van der Waals surface area contributed by atoms with Crippen molar-refractivity contribution in [3.63, 3.8) is 0 Å². The molecule has 3 nitrogen and oxygen atoms in total. The van der Waals surface area contributed by atoms with Gasteiger partial charge in [-0.3, -0.25) is 0 Å². The molecule has 0 spiro atoms. The number of aryl methyl sites for hydroxylation is 3. The number of allylic oxidation sites excluding steroid dienone is 7. The minimum absolute atomic E-state index is 0.281. The number of fused-ring (bicyclic) bond motifs is 4. The van der Waals surface area contributed by atoms with E-state index in [1.165, 1.54) is 102 Å². The van der Waals surface area contributed by atoms with E-state index >= 15 is 0 Å². The van der Waals surface area contributed by atoms with Crippen LogP contribution in [-0.4, -0.2) is 11.8 Å². The number of hydrogen-bond acceptors (Lipinski definition) is 3. The number of benzene rings is 11. The van der Waals surface area contributed by atoms with E-state index in [4.69, 9.17) is 11.6 Å². The van der Waals surface area contributed by atoms with Gasteiger partial charge in [-0.1, -0.05) is 248 Å². The van der Waals surface area contributed by atoms with Crippen molar-refractivity contribution < 1.29 is 0 Å². The second kappa shape index (κ2) is 26.9. The second-order valence-corrected chi connectivity index (χ2v) is 23.3. The molecule has 430 valence electrons. The van der Waals surface area contributed by atoms with Gasteiger partial charge in [0.2, 0.25) is 0 Å². The van der Waals surface area contributed by atoms with E-state index in [1.54, 1.807) is 0 Å². The fourth-order valence-corrected chi connectivity index (χ4v) is 12.4. The third-order valence-corrected chi connectivity index (χ3v) is 17.2. The summed E-state index contributed by atoms with van der Waals surface area (Å²) in [5, 5.41) is 2.45. The number of aliphatic imine (C=N–C) groups is 1. The van der Waals surface area contributed by atoms with Gasteiger partial charge in [0.15, 0.2) is 0 Å². The summed E-state index contributed by atoms with van der Waals surface area (Å²) in [6.45, 7) is 15.6. The van der Waals surface area contributed by atoms with E-state index in [0.717, 1.165) is 63.6 Å². The topological polar surface area (TPSA) is 18.8 Å². The Morgan fingerprint density at radius 1 is 0.523 bits per heavy atom. The fourth-order valence-electron chi connectivity index (χ4n) is 12.4. The molecule has 1 atom stereocenters. The number of nitrogens with zero attached hydrogens (tertiary/aromatic N) is 3. The average Bonchev–Trinajstić information content (AvgIpc) is 2.22. The number of rotatable bonds is 12. The molecule has 0 aromatic heterocycles. The first-order valence-corrected chi connectivity index (χ1v) is 30.9. The van der Waals surface area contributed by atoms with Gasteiger partial charge in [-0.05, 0) is 199 Å². The van der Waals surface area contributed by atoms with Crippen LogP contribution in [0.1, 0.15) is 70.7 Å². The monoisotopic (exact) mass is 1140 g/mol. The summed E-state index contributed by atoms with van der Waals surface area (Å²) < 4.78 is 0. The third-order valence-electron chi connectivity index (χ3n) is 17.2. The normalized spacial score (nSPS) is 14.0. The molecule has 11 aromatic carbocycles. The van der Waals surface area contributed by atoms with E-state index in [9.17, 15) is 0 Å². The van der Waals surface area contributed by atoms with Crippen LogP contribution in [0.2, 0.25) is 0 Å². The van der Waals surface area contributed by atoms with Crippen molar-refractivity contribution in [2.45, 2.75) is 66.3 Å². The summed E-state index contributed by atoms with van der Waals surface area (Å²) in [5.74, 6) is 0. The Labute approximate surface area is 521 Å². The van der Waals surface area contributed by atoms with Crippen LogP contribution >= 0.6 is 0 Å². The largest absolute Gasteiger partial charge is 0.333 e. The Balaban J connectivity index is 0.000000476. The fraction of sp³-hybridized carbons (Fsp3) is 0.118. The predicted octanol–water partition coefficient (Wildman–Crippen LogP) is 23.2. The van der Waals surface area contributed by atoms with E-state index in [-0.39, 0.29) is 6.04 Å². The maximum atomic E-state index is 5.58. The molecule has 88 heavy (non-hydrogen) atoms. The number of hydrogen-bond donors (Lipinski definition) is 0. The smallest absolute Gasteiger partial charge is 0.0781 e. The summed E-state index contributed by atoms with van der Waals surface area (Å²) in [7, 11) is 0. The van der Waals surface area contributed by atoms with Gasteiger partial charge in [-0.15, -0.1) is 0 Å². The first kappa shape index (κ1) is 58.1. The van der Waals surface area contributed by atoms with Gasteiger partial charge < -0.3 is 9.80 Å². The van der Waals surface area contributed by atoms with E-state index in [0.29, 0.717) is 0 Å². The highest BCUT2D eigenvalue weighted by molar-refractivity contribution is 6.32. The van der Waals surface area contributed by atoms with E-state index in [1.807, 2.05) is 18.2 Å². The van der Waals surface area contributed by atoms with Crippen molar-refractivity contribution in [3.8, 4) is 22.3 Å². The Morgan fingerprint density at radius 3 is 1.84 bits per heavy atom. The highest BCUT2D eigenvalue weighted by Gasteiger charge is 2.35. The molecule has 1 heterocycles. The van der Waals surface area contributed by atoms with E-state index in [2.05, 4.69) is 324 Å². The lowest BCUT2D eigenvalue weighted by atomic mass is 9.89. The minimum Gasteiger partial charge on any atom is -0.333 e. The first-order valence-electron chi connectivity index (χ1n) is 30.9. The molecule has 3 heteroatoms. The van der Waals surface area contributed by atoms with Crippen molar-refractivity contribution in [3.05, 3.63) is 360 Å². The first-order chi connectivity index (χ1) is 43.1. The van der Waals surface area contributed by atoms with Crippen LogP contribution in [0.5, 0.6) is 0 Å². The molecule has 0 N–H and O–H groups in total. The zero-order chi connectivity index (χ0) is 60.3. The van der Waals surface area contributed by atoms with Crippen LogP contribution in [0.3, 0.4) is 0 Å². The molecule has 14 rings (SSSR count). The van der Waals surface area contributed by atoms with Gasteiger partial charge in [-0.25, -0.2) is 4.99 Å². The molecule has 0 saturated heterocycles. The molecule has 0 saturated carbocycles. The van der Waals surface area contributed by atoms with Crippen molar-refractivity contribution in [1.29, 1.82) is 0 Å². The molecule has 3 aliphatic rings.